The van der Waals surface area contributed by atoms with E-state index in [9.17, 15) is 0 Å². The van der Waals surface area contributed by atoms with Gasteiger partial charge in [-0.25, -0.2) is 0 Å². The lowest BCUT2D eigenvalue weighted by Crippen LogP contribution is -2.23. The molecule has 38 heavy (non-hydrogen) atoms. The molecule has 3 aliphatic carbocycles. The lowest BCUT2D eigenvalue weighted by Gasteiger charge is -2.31. The molecule has 3 aromatic carbocycles. The smallest absolute Gasteiger partial charge is 0.0353 e. The maximum atomic E-state index is 4.64. The summed E-state index contributed by atoms with van der Waals surface area (Å²) in [6, 6.07) is 18.0. The summed E-state index contributed by atoms with van der Waals surface area (Å²) < 4.78 is 0. The van der Waals surface area contributed by atoms with Crippen LogP contribution in [0.15, 0.2) is 112 Å². The summed E-state index contributed by atoms with van der Waals surface area (Å²) in [5.41, 5.74) is 8.84. The van der Waals surface area contributed by atoms with E-state index < -0.39 is 0 Å². The van der Waals surface area contributed by atoms with Crippen molar-refractivity contribution in [3.63, 3.8) is 0 Å². The van der Waals surface area contributed by atoms with Crippen molar-refractivity contribution in [3.05, 3.63) is 119 Å². The number of aromatic nitrogens is 1. The molecule has 2 heteroatoms. The summed E-state index contributed by atoms with van der Waals surface area (Å²) >= 11 is 1.88. The number of fused-ring (bicyclic) bond motifs is 4. The Labute approximate surface area is 230 Å². The number of pyridine rings is 1. The zero-order valence-corrected chi connectivity index (χ0v) is 23.4. The normalized spacial score (nSPS) is 21.6. The number of allylic oxidation sites excluding steroid dienone is 8. The van der Waals surface area contributed by atoms with Crippen LogP contribution in [0.25, 0.3) is 27.1 Å². The molecule has 0 radical (unpaired) electrons. The van der Waals surface area contributed by atoms with Crippen molar-refractivity contribution in [1.29, 1.82) is 0 Å². The molecule has 188 valence electrons. The average Bonchev–Trinajstić information content (AvgIpc) is 3.17. The Morgan fingerprint density at radius 2 is 1.63 bits per heavy atom. The first-order valence-corrected chi connectivity index (χ1v) is 14.6. The first-order chi connectivity index (χ1) is 18.4. The molecule has 0 amide bonds. The van der Waals surface area contributed by atoms with Crippen LogP contribution in [0.5, 0.6) is 0 Å². The molecule has 0 saturated heterocycles. The van der Waals surface area contributed by atoms with Crippen LogP contribution in [0.4, 0.5) is 0 Å². The van der Waals surface area contributed by atoms with Crippen molar-refractivity contribution in [2.75, 3.05) is 0 Å². The van der Waals surface area contributed by atoms with E-state index in [4.69, 9.17) is 0 Å². The van der Waals surface area contributed by atoms with Crippen LogP contribution in [0.2, 0.25) is 0 Å². The summed E-state index contributed by atoms with van der Waals surface area (Å²) in [5, 5.41) is 5.22. The summed E-state index contributed by atoms with van der Waals surface area (Å²) in [6.45, 7) is 9.27. The fraction of sp³-hybridized carbons (Fsp3) is 0.250. The van der Waals surface area contributed by atoms with Gasteiger partial charge in [0.2, 0.25) is 0 Å². The largest absolute Gasteiger partial charge is 0.264 e. The molecule has 2 atom stereocenters. The molecule has 7 rings (SSSR count). The minimum absolute atomic E-state index is 0.135. The van der Waals surface area contributed by atoms with Crippen molar-refractivity contribution in [2.24, 2.45) is 17.3 Å². The second kappa shape index (κ2) is 8.85. The molecule has 0 spiro atoms. The third-order valence-corrected chi connectivity index (χ3v) is 10.3. The molecule has 0 N–H and O–H groups in total. The first-order valence-electron chi connectivity index (χ1n) is 13.8. The van der Waals surface area contributed by atoms with E-state index in [0.717, 1.165) is 12.8 Å². The Hall–Kier alpha value is -3.36. The lowest BCUT2D eigenvalue weighted by molar-refractivity contribution is 0.320. The van der Waals surface area contributed by atoms with Gasteiger partial charge in [0.15, 0.2) is 0 Å². The molecule has 0 fully saturated rings. The maximum absolute atomic E-state index is 4.64. The Morgan fingerprint density at radius 3 is 2.47 bits per heavy atom. The third kappa shape index (κ3) is 3.57. The van der Waals surface area contributed by atoms with Gasteiger partial charge in [0, 0.05) is 33.5 Å². The van der Waals surface area contributed by atoms with Gasteiger partial charge in [-0.05, 0) is 100 Å². The highest BCUT2D eigenvalue weighted by atomic mass is 32.2. The Balaban J connectivity index is 1.44. The minimum atomic E-state index is 0.135. The van der Waals surface area contributed by atoms with Crippen LogP contribution < -0.4 is 0 Å². The van der Waals surface area contributed by atoms with Crippen LogP contribution in [0.3, 0.4) is 0 Å². The van der Waals surface area contributed by atoms with Crippen LogP contribution >= 0.6 is 11.8 Å². The van der Waals surface area contributed by atoms with Gasteiger partial charge in [0.1, 0.15) is 0 Å². The van der Waals surface area contributed by atoms with Gasteiger partial charge in [-0.2, -0.15) is 0 Å². The van der Waals surface area contributed by atoms with E-state index in [1.807, 2.05) is 18.0 Å². The molecule has 2 unspecified atom stereocenters. The van der Waals surface area contributed by atoms with Crippen molar-refractivity contribution in [2.45, 2.75) is 50.3 Å². The number of hydrogen-bond acceptors (Lipinski definition) is 2. The van der Waals surface area contributed by atoms with Crippen molar-refractivity contribution in [3.8, 4) is 0 Å². The minimum Gasteiger partial charge on any atom is -0.264 e. The fourth-order valence-electron chi connectivity index (χ4n) is 7.03. The van der Waals surface area contributed by atoms with Gasteiger partial charge in [-0.15, -0.1) is 0 Å². The SMILES string of the molecule is Cc1ccc(Sc2c3ccccc3c(C3=CC4=C(CC3)C3C=CC=CC3C4(C)C)c3cnccc23)cc1C. The van der Waals surface area contributed by atoms with Gasteiger partial charge in [-0.3, -0.25) is 4.98 Å². The van der Waals surface area contributed by atoms with E-state index >= 15 is 0 Å². The Bertz CT molecular complexity index is 1690. The van der Waals surface area contributed by atoms with Gasteiger partial charge in [-0.1, -0.05) is 91.9 Å². The molecular weight excluding hydrogens is 478 g/mol. The summed E-state index contributed by atoms with van der Waals surface area (Å²) in [6.07, 6.45) is 18.2. The van der Waals surface area contributed by atoms with Gasteiger partial charge >= 0.3 is 0 Å². The summed E-state index contributed by atoms with van der Waals surface area (Å²) in [4.78, 5) is 7.24. The summed E-state index contributed by atoms with van der Waals surface area (Å²) in [5.74, 6) is 1.11. The molecule has 1 aromatic heterocycles. The van der Waals surface area contributed by atoms with Crippen LogP contribution in [-0.4, -0.2) is 4.98 Å². The lowest BCUT2D eigenvalue weighted by atomic mass is 9.72. The van der Waals surface area contributed by atoms with Crippen molar-refractivity contribution < 1.29 is 0 Å². The van der Waals surface area contributed by atoms with E-state index in [-0.39, 0.29) is 5.41 Å². The topological polar surface area (TPSA) is 12.9 Å². The van der Waals surface area contributed by atoms with E-state index in [1.165, 1.54) is 53.6 Å². The second-order valence-electron chi connectivity index (χ2n) is 11.7. The predicted octanol–water partition coefficient (Wildman–Crippen LogP) is 10.0. The molecule has 0 aliphatic heterocycles. The number of rotatable bonds is 3. The molecule has 1 nitrogen and oxygen atoms in total. The standard InChI is InChI=1S/C36H33NS/c1-22-13-15-25(19-23(22)2)38-35-29-11-6-5-10-28(29)34(31-21-37-18-17-30(31)35)24-14-16-27-26-9-7-8-12-32(26)36(3,4)33(27)20-24/h5-13,15,17-21,26,32H,14,16H2,1-4H3. The van der Waals surface area contributed by atoms with Crippen LogP contribution in [-0.2, 0) is 0 Å². The molecule has 0 bridgehead atoms. The molecule has 0 saturated carbocycles. The van der Waals surface area contributed by atoms with Crippen LogP contribution in [0, 0.1) is 31.1 Å². The summed E-state index contributed by atoms with van der Waals surface area (Å²) in [7, 11) is 0. The number of nitrogens with zero attached hydrogens (tertiary/aromatic N) is 1. The van der Waals surface area contributed by atoms with Gasteiger partial charge < -0.3 is 0 Å². The highest BCUT2D eigenvalue weighted by molar-refractivity contribution is 7.99. The highest BCUT2D eigenvalue weighted by Gasteiger charge is 2.46. The second-order valence-corrected chi connectivity index (χ2v) is 12.8. The predicted molar refractivity (Wildman–Crippen MR) is 163 cm³/mol. The number of hydrogen-bond donors (Lipinski definition) is 0. The van der Waals surface area contributed by atoms with Crippen LogP contribution in [0.1, 0.15) is 43.4 Å². The fourth-order valence-corrected chi connectivity index (χ4v) is 8.21. The average molecular weight is 512 g/mol. The van der Waals surface area contributed by atoms with E-state index in [1.54, 1.807) is 11.1 Å². The third-order valence-electron chi connectivity index (χ3n) is 9.19. The van der Waals surface area contributed by atoms with E-state index in [2.05, 4.69) is 118 Å². The van der Waals surface area contributed by atoms with Gasteiger partial charge in [0.25, 0.3) is 0 Å². The Morgan fingerprint density at radius 1 is 0.842 bits per heavy atom. The maximum Gasteiger partial charge on any atom is 0.0353 e. The van der Waals surface area contributed by atoms with Crippen molar-refractivity contribution in [1.82, 2.24) is 4.98 Å². The molecule has 4 aromatic rings. The molecular formula is C36H33NS. The zero-order chi connectivity index (χ0) is 26.0. The van der Waals surface area contributed by atoms with Crippen molar-refractivity contribution >= 4 is 38.9 Å². The molecule has 1 heterocycles. The number of aryl methyl sites for hydroxylation is 2. The van der Waals surface area contributed by atoms with Gasteiger partial charge in [0.05, 0.1) is 0 Å². The number of benzene rings is 3. The first kappa shape index (κ1) is 23.7. The molecule has 3 aliphatic rings. The highest BCUT2D eigenvalue weighted by Crippen LogP contribution is 2.57. The quantitative estimate of drug-likeness (QED) is 0.254. The van der Waals surface area contributed by atoms with E-state index in [0.29, 0.717) is 11.8 Å². The Kier molecular flexibility index (Phi) is 5.53. The monoisotopic (exact) mass is 511 g/mol. The zero-order valence-electron chi connectivity index (χ0n) is 22.6.